The minimum atomic E-state index is -3.66. The monoisotopic (exact) mass is 486 g/mol. The van der Waals surface area contributed by atoms with Crippen molar-refractivity contribution in [2.75, 3.05) is 44.7 Å². The molecule has 1 saturated heterocycles. The number of hydrogen-bond donors (Lipinski definition) is 1. The summed E-state index contributed by atoms with van der Waals surface area (Å²) < 4.78 is 33.7. The second kappa shape index (κ2) is 10.5. The second-order valence-electron chi connectivity index (χ2n) is 7.83. The van der Waals surface area contributed by atoms with Gasteiger partial charge in [0.1, 0.15) is 5.75 Å². The van der Waals surface area contributed by atoms with Crippen LogP contribution in [0.5, 0.6) is 5.75 Å². The molecule has 3 aromatic rings. The van der Waals surface area contributed by atoms with E-state index in [-0.39, 0.29) is 17.5 Å². The van der Waals surface area contributed by atoms with Crippen molar-refractivity contribution in [1.29, 1.82) is 0 Å². The van der Waals surface area contributed by atoms with Crippen molar-refractivity contribution in [1.82, 2.24) is 14.6 Å². The third kappa shape index (κ3) is 5.83. The number of aromatic nitrogens is 1. The fourth-order valence-corrected chi connectivity index (χ4v) is 5.17. The molecule has 0 amide bonds. The molecule has 0 spiro atoms. The Balaban J connectivity index is 1.46. The van der Waals surface area contributed by atoms with Crippen molar-refractivity contribution in [3.8, 4) is 5.75 Å². The van der Waals surface area contributed by atoms with Gasteiger partial charge in [-0.25, -0.2) is 13.1 Å². The summed E-state index contributed by atoms with van der Waals surface area (Å²) >= 11 is 5.90. The lowest BCUT2D eigenvalue weighted by Crippen LogP contribution is -2.49. The third-order valence-corrected chi connectivity index (χ3v) is 7.54. The van der Waals surface area contributed by atoms with Crippen molar-refractivity contribution >= 4 is 27.3 Å². The average molecular weight is 487 g/mol. The van der Waals surface area contributed by atoms with Crippen LogP contribution in [-0.2, 0) is 10.0 Å². The number of nitrogens with one attached hydrogen (secondary N) is 1. The summed E-state index contributed by atoms with van der Waals surface area (Å²) in [4.78, 5) is 9.08. The van der Waals surface area contributed by atoms with Gasteiger partial charge in [-0.15, -0.1) is 0 Å². The topological polar surface area (TPSA) is 74.8 Å². The molecule has 1 fully saturated rings. The molecular formula is C24H27ClN4O3S. The van der Waals surface area contributed by atoms with Crippen LogP contribution in [0.2, 0.25) is 5.02 Å². The molecule has 1 N–H and O–H groups in total. The number of hydrogen-bond acceptors (Lipinski definition) is 6. The molecule has 1 aliphatic rings. The number of benzene rings is 2. The van der Waals surface area contributed by atoms with E-state index in [2.05, 4.69) is 31.6 Å². The van der Waals surface area contributed by atoms with E-state index >= 15 is 0 Å². The van der Waals surface area contributed by atoms with Gasteiger partial charge < -0.3 is 9.64 Å². The van der Waals surface area contributed by atoms with Crippen molar-refractivity contribution in [2.45, 2.75) is 10.9 Å². The highest BCUT2D eigenvalue weighted by atomic mass is 35.5. The smallest absolute Gasteiger partial charge is 0.240 e. The molecule has 7 nitrogen and oxygen atoms in total. The van der Waals surface area contributed by atoms with Crippen molar-refractivity contribution < 1.29 is 13.2 Å². The Morgan fingerprint density at radius 2 is 1.73 bits per heavy atom. The lowest BCUT2D eigenvalue weighted by atomic mass is 10.1. The minimum Gasteiger partial charge on any atom is -0.497 e. The van der Waals surface area contributed by atoms with Gasteiger partial charge >= 0.3 is 0 Å². The Hall–Kier alpha value is -2.65. The molecule has 4 rings (SSSR count). The van der Waals surface area contributed by atoms with Gasteiger partial charge in [-0.05, 0) is 60.2 Å². The van der Waals surface area contributed by atoms with E-state index in [4.69, 9.17) is 16.3 Å². The molecule has 1 atom stereocenters. The van der Waals surface area contributed by atoms with Crippen molar-refractivity contribution in [3.05, 3.63) is 83.6 Å². The molecule has 2 heterocycles. The Kier molecular flexibility index (Phi) is 7.49. The van der Waals surface area contributed by atoms with Gasteiger partial charge in [-0.3, -0.25) is 9.88 Å². The summed E-state index contributed by atoms with van der Waals surface area (Å²) in [7, 11) is -2.00. The fourth-order valence-electron chi connectivity index (χ4n) is 4.00. The number of pyridine rings is 1. The molecule has 9 heteroatoms. The van der Waals surface area contributed by atoms with Crippen molar-refractivity contribution in [2.24, 2.45) is 0 Å². The molecule has 0 bridgehead atoms. The summed E-state index contributed by atoms with van der Waals surface area (Å²) in [6.07, 6.45) is 3.52. The number of sulfonamides is 1. The molecular weight excluding hydrogens is 460 g/mol. The van der Waals surface area contributed by atoms with E-state index in [1.807, 2.05) is 24.3 Å². The predicted molar refractivity (Wildman–Crippen MR) is 130 cm³/mol. The molecule has 33 heavy (non-hydrogen) atoms. The van der Waals surface area contributed by atoms with Gasteiger partial charge in [0.05, 0.1) is 18.0 Å². The summed E-state index contributed by atoms with van der Waals surface area (Å²) in [5, 5.41) is 0.497. The Bertz CT molecular complexity index is 1130. The van der Waals surface area contributed by atoms with Gasteiger partial charge in [0.2, 0.25) is 10.0 Å². The fraction of sp³-hybridized carbons (Fsp3) is 0.292. The number of ether oxygens (including phenoxy) is 1. The number of nitrogens with zero attached hydrogens (tertiary/aromatic N) is 3. The first-order valence-corrected chi connectivity index (χ1v) is 12.6. The van der Waals surface area contributed by atoms with E-state index in [1.54, 1.807) is 31.6 Å². The van der Waals surface area contributed by atoms with Gasteiger partial charge in [-0.1, -0.05) is 17.7 Å². The van der Waals surface area contributed by atoms with Crippen LogP contribution in [0.1, 0.15) is 11.6 Å². The van der Waals surface area contributed by atoms with Crippen LogP contribution in [0.25, 0.3) is 0 Å². The average Bonchev–Trinajstić information content (AvgIpc) is 2.85. The first-order valence-electron chi connectivity index (χ1n) is 10.7. The zero-order valence-corrected chi connectivity index (χ0v) is 20.0. The maximum atomic E-state index is 12.8. The highest BCUT2D eigenvalue weighted by Gasteiger charge is 2.27. The molecule has 0 unspecified atom stereocenters. The van der Waals surface area contributed by atoms with E-state index in [1.165, 1.54) is 12.1 Å². The number of anilines is 1. The largest absolute Gasteiger partial charge is 0.497 e. The maximum absolute atomic E-state index is 12.8. The summed E-state index contributed by atoms with van der Waals surface area (Å²) in [6, 6.07) is 18.0. The number of rotatable bonds is 8. The van der Waals surface area contributed by atoms with E-state index in [0.717, 1.165) is 43.2 Å². The quantitative estimate of drug-likeness (QED) is 0.524. The third-order valence-electron chi connectivity index (χ3n) is 5.85. The Morgan fingerprint density at radius 3 is 2.33 bits per heavy atom. The summed E-state index contributed by atoms with van der Waals surface area (Å²) in [6.45, 7) is 3.53. The Morgan fingerprint density at radius 1 is 1.03 bits per heavy atom. The molecule has 174 valence electrons. The van der Waals surface area contributed by atoms with Crippen LogP contribution in [0.3, 0.4) is 0 Å². The van der Waals surface area contributed by atoms with Crippen LogP contribution in [0.4, 0.5) is 5.69 Å². The van der Waals surface area contributed by atoms with Gasteiger partial charge in [0.25, 0.3) is 0 Å². The molecule has 0 saturated carbocycles. The van der Waals surface area contributed by atoms with Crippen LogP contribution in [-0.4, -0.2) is 58.1 Å². The normalized spacial score (nSPS) is 15.9. The predicted octanol–water partition coefficient (Wildman–Crippen LogP) is 3.59. The minimum absolute atomic E-state index is 0.126. The van der Waals surface area contributed by atoms with Crippen LogP contribution >= 0.6 is 11.6 Å². The molecule has 1 aromatic heterocycles. The van der Waals surface area contributed by atoms with Crippen LogP contribution in [0, 0.1) is 0 Å². The standard InChI is InChI=1S/C24H27ClN4O3S/c1-32-22-8-6-21(7-9-22)28-13-15-29(16-14-28)24(19-3-2-12-26-17-19)18-27-33(30,31)23-10-4-20(25)5-11-23/h2-12,17,24,27H,13-16,18H2,1H3/t24-/m1/s1. The second-order valence-corrected chi connectivity index (χ2v) is 10.0. The highest BCUT2D eigenvalue weighted by molar-refractivity contribution is 7.89. The molecule has 2 aromatic carbocycles. The van der Waals surface area contributed by atoms with E-state index < -0.39 is 10.0 Å². The molecule has 0 aliphatic carbocycles. The first kappa shape index (κ1) is 23.5. The maximum Gasteiger partial charge on any atom is 0.240 e. The molecule has 1 aliphatic heterocycles. The van der Waals surface area contributed by atoms with Crippen LogP contribution < -0.4 is 14.4 Å². The van der Waals surface area contributed by atoms with E-state index in [0.29, 0.717) is 5.02 Å². The van der Waals surface area contributed by atoms with Gasteiger partial charge in [0, 0.05) is 55.8 Å². The SMILES string of the molecule is COc1ccc(N2CCN([C@H](CNS(=O)(=O)c3ccc(Cl)cc3)c3cccnc3)CC2)cc1. The Labute approximate surface area is 200 Å². The highest BCUT2D eigenvalue weighted by Crippen LogP contribution is 2.25. The summed E-state index contributed by atoms with van der Waals surface area (Å²) in [5.74, 6) is 0.835. The zero-order valence-electron chi connectivity index (χ0n) is 18.4. The first-order chi connectivity index (χ1) is 16.0. The van der Waals surface area contributed by atoms with Crippen molar-refractivity contribution in [3.63, 3.8) is 0 Å². The van der Waals surface area contributed by atoms with Gasteiger partial charge in [-0.2, -0.15) is 0 Å². The van der Waals surface area contributed by atoms with Crippen LogP contribution in [0.15, 0.2) is 78.0 Å². The van der Waals surface area contributed by atoms with Gasteiger partial charge in [0.15, 0.2) is 0 Å². The zero-order chi connectivity index (χ0) is 23.3. The number of methoxy groups -OCH3 is 1. The molecule has 0 radical (unpaired) electrons. The number of piperazine rings is 1. The number of halogens is 1. The lowest BCUT2D eigenvalue weighted by Gasteiger charge is -2.40. The lowest BCUT2D eigenvalue weighted by molar-refractivity contribution is 0.186. The van der Waals surface area contributed by atoms with E-state index in [9.17, 15) is 8.42 Å². The summed E-state index contributed by atoms with van der Waals surface area (Å²) in [5.41, 5.74) is 2.13.